The predicted molar refractivity (Wildman–Crippen MR) is 78.1 cm³/mol. The van der Waals surface area contributed by atoms with Gasteiger partial charge < -0.3 is 20.3 Å². The van der Waals surface area contributed by atoms with Crippen molar-refractivity contribution in [3.8, 4) is 11.5 Å². The fraction of sp³-hybridized carbons (Fsp3) is 0.417. The van der Waals surface area contributed by atoms with Crippen LogP contribution < -0.4 is 10.5 Å². The van der Waals surface area contributed by atoms with Crippen LogP contribution in [0, 0.1) is 0 Å². The first-order valence-corrected chi connectivity index (χ1v) is 6.42. The molecule has 1 atom stereocenters. The zero-order valence-corrected chi connectivity index (χ0v) is 13.6. The van der Waals surface area contributed by atoms with Crippen LogP contribution in [0.2, 0.25) is 0 Å². The van der Waals surface area contributed by atoms with E-state index in [1.54, 1.807) is 0 Å². The van der Waals surface area contributed by atoms with Crippen molar-refractivity contribution in [1.82, 2.24) is 0 Å². The van der Waals surface area contributed by atoms with Crippen LogP contribution in [-0.2, 0) is 9.53 Å². The number of hydrogen-bond acceptors (Lipinski definition) is 5. The number of phenolic OH excluding ortho intramolecular Hbond substituents is 1. The van der Waals surface area contributed by atoms with Crippen LogP contribution in [0.1, 0.15) is 18.5 Å². The second-order valence-corrected chi connectivity index (χ2v) is 4.69. The van der Waals surface area contributed by atoms with Gasteiger partial charge in [-0.1, -0.05) is 15.9 Å². The van der Waals surface area contributed by atoms with E-state index in [-0.39, 0.29) is 34.8 Å². The molecule has 5 nitrogen and oxygen atoms in total. The number of methoxy groups -OCH3 is 1. The Kier molecular flexibility index (Phi) is 7.35. The van der Waals surface area contributed by atoms with Crippen LogP contribution in [0.5, 0.6) is 11.5 Å². The lowest BCUT2D eigenvalue weighted by molar-refractivity contribution is -0.174. The minimum Gasteiger partial charge on any atom is -0.504 e. The summed E-state index contributed by atoms with van der Waals surface area (Å²) in [4.78, 5) is 11.3. The summed E-state index contributed by atoms with van der Waals surface area (Å²) in [6, 6.07) is 0.679. The third kappa shape index (κ3) is 3.96. The normalized spacial score (nSPS) is 12.3. The molecule has 1 aromatic rings. The maximum absolute atomic E-state index is 13.9. The van der Waals surface area contributed by atoms with Gasteiger partial charge in [0.1, 0.15) is 6.04 Å². The zero-order valence-electron chi connectivity index (χ0n) is 11.2. The molecule has 0 saturated heterocycles. The molecule has 0 amide bonds. The molecule has 1 rings (SSSR count). The molecule has 3 N–H and O–H groups in total. The van der Waals surface area contributed by atoms with Crippen molar-refractivity contribution in [2.45, 2.75) is 18.9 Å². The molecular formula is C12H15BrClF2NO4. The van der Waals surface area contributed by atoms with Gasteiger partial charge in [0, 0.05) is 10.0 Å². The SMILES string of the molecule is CCOC(=O)C(F)(F)[C@@H](N)c1c(Br)ccc(OC)c1O.Cl. The van der Waals surface area contributed by atoms with Gasteiger partial charge in [-0.2, -0.15) is 8.78 Å². The van der Waals surface area contributed by atoms with E-state index in [9.17, 15) is 18.7 Å². The fourth-order valence-corrected chi connectivity index (χ4v) is 2.13. The molecule has 120 valence electrons. The molecule has 0 aliphatic heterocycles. The number of carbonyl (C=O) groups excluding carboxylic acids is 1. The molecule has 0 fully saturated rings. The number of esters is 1. The monoisotopic (exact) mass is 389 g/mol. The number of aromatic hydroxyl groups is 1. The van der Waals surface area contributed by atoms with Crippen molar-refractivity contribution < 1.29 is 28.2 Å². The molecule has 9 heteroatoms. The molecule has 1 aromatic carbocycles. The highest BCUT2D eigenvalue weighted by Crippen LogP contribution is 2.43. The molecule has 0 aromatic heterocycles. The number of phenols is 1. The van der Waals surface area contributed by atoms with Crippen LogP contribution in [0.15, 0.2) is 16.6 Å². The third-order valence-corrected chi connectivity index (χ3v) is 3.29. The van der Waals surface area contributed by atoms with Gasteiger partial charge in [-0.3, -0.25) is 0 Å². The lowest BCUT2D eigenvalue weighted by Crippen LogP contribution is -2.42. The van der Waals surface area contributed by atoms with Gasteiger partial charge in [-0.25, -0.2) is 4.79 Å². The minimum atomic E-state index is -3.98. The van der Waals surface area contributed by atoms with Gasteiger partial charge in [0.25, 0.3) is 0 Å². The van der Waals surface area contributed by atoms with Crippen molar-refractivity contribution in [2.24, 2.45) is 5.73 Å². The van der Waals surface area contributed by atoms with E-state index in [0.29, 0.717) is 0 Å². The quantitative estimate of drug-likeness (QED) is 0.756. The molecule has 0 aliphatic carbocycles. The molecular weight excluding hydrogens is 375 g/mol. The lowest BCUT2D eigenvalue weighted by Gasteiger charge is -2.24. The fourth-order valence-electron chi connectivity index (χ4n) is 1.56. The Morgan fingerprint density at radius 2 is 2.10 bits per heavy atom. The largest absolute Gasteiger partial charge is 0.504 e. The summed E-state index contributed by atoms with van der Waals surface area (Å²) in [5.41, 5.74) is 5.10. The van der Waals surface area contributed by atoms with E-state index < -0.39 is 23.7 Å². The van der Waals surface area contributed by atoms with E-state index in [1.165, 1.54) is 26.2 Å². The van der Waals surface area contributed by atoms with Gasteiger partial charge in [0.05, 0.1) is 13.7 Å². The Hall–Kier alpha value is -1.12. The number of halogens is 4. The van der Waals surface area contributed by atoms with Gasteiger partial charge in [-0.15, -0.1) is 12.4 Å². The lowest BCUT2D eigenvalue weighted by atomic mass is 10.00. The first-order chi connectivity index (χ1) is 9.27. The number of hydrogen-bond donors (Lipinski definition) is 2. The summed E-state index contributed by atoms with van der Waals surface area (Å²) in [6.07, 6.45) is 0. The number of ether oxygens (including phenoxy) is 2. The number of nitrogens with two attached hydrogens (primary N) is 1. The van der Waals surface area contributed by atoms with Crippen molar-refractivity contribution in [1.29, 1.82) is 0 Å². The molecule has 0 heterocycles. The number of benzene rings is 1. The van der Waals surface area contributed by atoms with E-state index in [2.05, 4.69) is 20.7 Å². The van der Waals surface area contributed by atoms with Crippen LogP contribution in [0.3, 0.4) is 0 Å². The zero-order chi connectivity index (χ0) is 15.5. The molecule has 0 aliphatic rings. The predicted octanol–water partition coefficient (Wildman–Crippen LogP) is 2.78. The first kappa shape index (κ1) is 19.9. The van der Waals surface area contributed by atoms with Crippen molar-refractivity contribution >= 4 is 34.3 Å². The van der Waals surface area contributed by atoms with Crippen LogP contribution in [-0.4, -0.2) is 30.7 Å². The third-order valence-electron chi connectivity index (χ3n) is 2.60. The van der Waals surface area contributed by atoms with E-state index >= 15 is 0 Å². The standard InChI is InChI=1S/C12H14BrF2NO4.ClH/c1-3-20-11(18)12(14,15)10(16)8-6(13)4-5-7(19-2)9(8)17;/h4-5,10,17H,3,16H2,1-2H3;1H/t10-;/m0./s1. The Morgan fingerprint density at radius 3 is 2.57 bits per heavy atom. The summed E-state index contributed by atoms with van der Waals surface area (Å²) < 4.78 is 37.1. The number of carbonyl (C=O) groups is 1. The molecule has 0 bridgehead atoms. The maximum atomic E-state index is 13.9. The summed E-state index contributed by atoms with van der Waals surface area (Å²) in [7, 11) is 1.27. The van der Waals surface area contributed by atoms with Gasteiger partial charge in [0.15, 0.2) is 11.5 Å². The highest BCUT2D eigenvalue weighted by Gasteiger charge is 2.49. The van der Waals surface area contributed by atoms with Gasteiger partial charge in [-0.05, 0) is 19.1 Å². The molecule has 0 unspecified atom stereocenters. The van der Waals surface area contributed by atoms with Crippen molar-refractivity contribution in [3.05, 3.63) is 22.2 Å². The second-order valence-electron chi connectivity index (χ2n) is 3.83. The maximum Gasteiger partial charge on any atom is 0.379 e. The average molecular weight is 391 g/mol. The smallest absolute Gasteiger partial charge is 0.379 e. The molecule has 0 saturated carbocycles. The van der Waals surface area contributed by atoms with E-state index in [1.807, 2.05) is 0 Å². The Bertz CT molecular complexity index is 516. The van der Waals surface area contributed by atoms with Crippen molar-refractivity contribution in [2.75, 3.05) is 13.7 Å². The van der Waals surface area contributed by atoms with E-state index in [4.69, 9.17) is 10.5 Å². The van der Waals surface area contributed by atoms with E-state index in [0.717, 1.165) is 0 Å². The molecule has 21 heavy (non-hydrogen) atoms. The topological polar surface area (TPSA) is 81.8 Å². The highest BCUT2D eigenvalue weighted by atomic mass is 79.9. The molecule has 0 radical (unpaired) electrons. The van der Waals surface area contributed by atoms with Crippen LogP contribution >= 0.6 is 28.3 Å². The minimum absolute atomic E-state index is 0. The van der Waals surface area contributed by atoms with Crippen LogP contribution in [0.25, 0.3) is 0 Å². The first-order valence-electron chi connectivity index (χ1n) is 5.63. The van der Waals surface area contributed by atoms with Gasteiger partial charge >= 0.3 is 11.9 Å². The summed E-state index contributed by atoms with van der Waals surface area (Å²) in [5, 5.41) is 9.89. The average Bonchev–Trinajstić information content (AvgIpc) is 2.39. The number of alkyl halides is 2. The Balaban J connectivity index is 0.00000400. The van der Waals surface area contributed by atoms with Gasteiger partial charge in [0.2, 0.25) is 0 Å². The summed E-state index contributed by atoms with van der Waals surface area (Å²) >= 11 is 3.01. The molecule has 0 spiro atoms. The Morgan fingerprint density at radius 1 is 1.52 bits per heavy atom. The van der Waals surface area contributed by atoms with Crippen molar-refractivity contribution in [3.63, 3.8) is 0 Å². The highest BCUT2D eigenvalue weighted by molar-refractivity contribution is 9.10. The number of rotatable bonds is 5. The Labute approximate surface area is 134 Å². The summed E-state index contributed by atoms with van der Waals surface area (Å²) in [5.74, 6) is -6.32. The van der Waals surface area contributed by atoms with Crippen LogP contribution in [0.4, 0.5) is 8.78 Å². The summed E-state index contributed by atoms with van der Waals surface area (Å²) in [6.45, 7) is 1.20. The second kappa shape index (κ2) is 7.77.